The van der Waals surface area contributed by atoms with Crippen molar-refractivity contribution in [1.29, 1.82) is 0 Å². The molecule has 0 radical (unpaired) electrons. The Balaban J connectivity index is 2.20. The molecule has 0 bridgehead atoms. The molecule has 4 rings (SSSR count). The minimum Gasteiger partial charge on any atom is -0.316 e. The van der Waals surface area contributed by atoms with Crippen LogP contribution in [0.1, 0.15) is 0 Å². The molecule has 23 heavy (non-hydrogen) atoms. The minimum absolute atomic E-state index is 0.0592. The summed E-state index contributed by atoms with van der Waals surface area (Å²) in [4.78, 5) is 2.60. The Morgan fingerprint density at radius 2 is 1.43 bits per heavy atom. The standard InChI is InChI=1S/C17H8F4N2/c18-14-13(15(19)17(21)22-16(14)20)10-8-9-4-1-2-5-11(9)23-7-3-6-12(10)23/h1-8H. The molecule has 0 fully saturated rings. The number of aromatic nitrogens is 2. The summed E-state index contributed by atoms with van der Waals surface area (Å²) in [6.07, 6.45) is 1.71. The lowest BCUT2D eigenvalue weighted by atomic mass is 10.0. The van der Waals surface area contributed by atoms with E-state index in [-0.39, 0.29) is 5.56 Å². The van der Waals surface area contributed by atoms with Gasteiger partial charge in [-0.05, 0) is 29.7 Å². The molecule has 0 aliphatic carbocycles. The third-order valence-corrected chi connectivity index (χ3v) is 3.79. The van der Waals surface area contributed by atoms with E-state index in [1.54, 1.807) is 34.9 Å². The quantitative estimate of drug-likeness (QED) is 0.367. The van der Waals surface area contributed by atoms with E-state index in [1.807, 2.05) is 12.1 Å². The topological polar surface area (TPSA) is 17.3 Å². The summed E-state index contributed by atoms with van der Waals surface area (Å²) < 4.78 is 56.8. The first-order chi connectivity index (χ1) is 11.1. The predicted molar refractivity (Wildman–Crippen MR) is 78.0 cm³/mol. The summed E-state index contributed by atoms with van der Waals surface area (Å²) in [5.74, 6) is -6.36. The lowest BCUT2D eigenvalue weighted by Crippen LogP contribution is -2.04. The number of hydrogen-bond donors (Lipinski definition) is 0. The Labute approximate surface area is 127 Å². The summed E-state index contributed by atoms with van der Waals surface area (Å²) in [6.45, 7) is 0. The van der Waals surface area contributed by atoms with Gasteiger partial charge in [0.25, 0.3) is 11.9 Å². The maximum atomic E-state index is 14.1. The molecule has 4 aromatic rings. The first-order valence-corrected chi connectivity index (χ1v) is 6.77. The van der Waals surface area contributed by atoms with Crippen molar-refractivity contribution in [3.8, 4) is 11.1 Å². The molecule has 2 nitrogen and oxygen atoms in total. The number of rotatable bonds is 1. The molecular formula is C17H8F4N2. The number of halogens is 4. The van der Waals surface area contributed by atoms with Gasteiger partial charge in [0.1, 0.15) is 0 Å². The fourth-order valence-corrected chi connectivity index (χ4v) is 2.79. The number of fused-ring (bicyclic) bond motifs is 3. The van der Waals surface area contributed by atoms with Crippen LogP contribution in [0.4, 0.5) is 17.6 Å². The van der Waals surface area contributed by atoms with Gasteiger partial charge in [0, 0.05) is 11.8 Å². The molecule has 0 N–H and O–H groups in total. The third kappa shape index (κ3) is 1.91. The van der Waals surface area contributed by atoms with Crippen LogP contribution in [0.5, 0.6) is 0 Å². The van der Waals surface area contributed by atoms with Crippen LogP contribution < -0.4 is 0 Å². The molecule has 0 saturated heterocycles. The maximum absolute atomic E-state index is 14.1. The van der Waals surface area contributed by atoms with E-state index in [0.29, 0.717) is 10.9 Å². The fraction of sp³-hybridized carbons (Fsp3) is 0. The molecule has 0 aliphatic heterocycles. The third-order valence-electron chi connectivity index (χ3n) is 3.79. The lowest BCUT2D eigenvalue weighted by molar-refractivity contribution is 0.410. The molecule has 0 spiro atoms. The zero-order valence-corrected chi connectivity index (χ0v) is 11.5. The monoisotopic (exact) mass is 316 g/mol. The summed E-state index contributed by atoms with van der Waals surface area (Å²) in [5.41, 5.74) is 0.548. The van der Waals surface area contributed by atoms with Crippen LogP contribution in [0.25, 0.3) is 27.5 Å². The highest BCUT2D eigenvalue weighted by atomic mass is 19.2. The van der Waals surface area contributed by atoms with Crippen LogP contribution in [0.15, 0.2) is 48.7 Å². The fourth-order valence-electron chi connectivity index (χ4n) is 2.79. The second kappa shape index (κ2) is 4.81. The van der Waals surface area contributed by atoms with E-state index in [9.17, 15) is 17.6 Å². The number of nitrogens with zero attached hydrogens (tertiary/aromatic N) is 2. The van der Waals surface area contributed by atoms with Crippen LogP contribution in [-0.4, -0.2) is 9.38 Å². The van der Waals surface area contributed by atoms with E-state index in [2.05, 4.69) is 4.98 Å². The molecular weight excluding hydrogens is 308 g/mol. The normalized spacial score (nSPS) is 11.5. The van der Waals surface area contributed by atoms with Gasteiger partial charge in [-0.15, -0.1) is 0 Å². The highest BCUT2D eigenvalue weighted by Gasteiger charge is 2.24. The molecule has 114 valence electrons. The molecule has 3 aromatic heterocycles. The largest absolute Gasteiger partial charge is 0.316 e. The van der Waals surface area contributed by atoms with Crippen molar-refractivity contribution in [2.45, 2.75) is 0 Å². The van der Waals surface area contributed by atoms with Crippen molar-refractivity contribution in [1.82, 2.24) is 9.38 Å². The average molecular weight is 316 g/mol. The number of para-hydroxylation sites is 1. The minimum atomic E-state index is -1.67. The van der Waals surface area contributed by atoms with Gasteiger partial charge in [-0.25, -0.2) is 8.78 Å². The number of benzene rings is 1. The number of hydrogen-bond acceptors (Lipinski definition) is 1. The Kier molecular flexibility index (Phi) is 2.87. The maximum Gasteiger partial charge on any atom is 0.252 e. The van der Waals surface area contributed by atoms with Gasteiger partial charge in [0.2, 0.25) is 0 Å². The highest BCUT2D eigenvalue weighted by Crippen LogP contribution is 2.34. The van der Waals surface area contributed by atoms with Gasteiger partial charge in [-0.2, -0.15) is 13.8 Å². The lowest BCUT2D eigenvalue weighted by Gasteiger charge is -2.11. The van der Waals surface area contributed by atoms with E-state index < -0.39 is 29.1 Å². The first-order valence-electron chi connectivity index (χ1n) is 6.77. The van der Waals surface area contributed by atoms with E-state index >= 15 is 0 Å². The van der Waals surface area contributed by atoms with Gasteiger partial charge in [0.05, 0.1) is 16.6 Å². The van der Waals surface area contributed by atoms with Crippen molar-refractivity contribution in [3.05, 3.63) is 72.2 Å². The van der Waals surface area contributed by atoms with Crippen LogP contribution >= 0.6 is 0 Å². The molecule has 0 saturated carbocycles. The Morgan fingerprint density at radius 1 is 0.783 bits per heavy atom. The predicted octanol–water partition coefficient (Wildman–Crippen LogP) is 4.71. The summed E-state index contributed by atoms with van der Waals surface area (Å²) in [7, 11) is 0. The first kappa shape index (κ1) is 13.8. The Morgan fingerprint density at radius 3 is 2.17 bits per heavy atom. The Bertz CT molecular complexity index is 1040. The van der Waals surface area contributed by atoms with Crippen molar-refractivity contribution < 1.29 is 17.6 Å². The van der Waals surface area contributed by atoms with E-state index in [4.69, 9.17) is 0 Å². The molecule has 3 heterocycles. The zero-order chi connectivity index (χ0) is 16.1. The molecule has 0 atom stereocenters. The Hall–Kier alpha value is -2.89. The van der Waals surface area contributed by atoms with Crippen molar-refractivity contribution in [2.75, 3.05) is 0 Å². The van der Waals surface area contributed by atoms with Gasteiger partial charge in [-0.1, -0.05) is 18.2 Å². The van der Waals surface area contributed by atoms with Crippen LogP contribution in [0.3, 0.4) is 0 Å². The van der Waals surface area contributed by atoms with Crippen molar-refractivity contribution >= 4 is 16.4 Å². The molecule has 1 aromatic carbocycles. The van der Waals surface area contributed by atoms with Crippen LogP contribution in [-0.2, 0) is 0 Å². The second-order valence-corrected chi connectivity index (χ2v) is 5.08. The van der Waals surface area contributed by atoms with Crippen molar-refractivity contribution in [2.24, 2.45) is 0 Å². The summed E-state index contributed by atoms with van der Waals surface area (Å²) in [5, 5.41) is 0.683. The zero-order valence-electron chi connectivity index (χ0n) is 11.5. The molecule has 6 heteroatoms. The van der Waals surface area contributed by atoms with Gasteiger partial charge < -0.3 is 4.40 Å². The average Bonchev–Trinajstić information content (AvgIpc) is 3.03. The van der Waals surface area contributed by atoms with E-state index in [1.165, 1.54) is 6.07 Å². The van der Waals surface area contributed by atoms with Crippen molar-refractivity contribution in [3.63, 3.8) is 0 Å². The van der Waals surface area contributed by atoms with Gasteiger partial charge in [0.15, 0.2) is 11.6 Å². The van der Waals surface area contributed by atoms with E-state index in [0.717, 1.165) is 5.52 Å². The molecule has 0 aliphatic rings. The van der Waals surface area contributed by atoms with Gasteiger partial charge >= 0.3 is 0 Å². The summed E-state index contributed by atoms with van der Waals surface area (Å²) >= 11 is 0. The smallest absolute Gasteiger partial charge is 0.252 e. The SMILES string of the molecule is Fc1nc(F)c(F)c(-c2cc3ccccc3n3cccc23)c1F. The van der Waals surface area contributed by atoms with Crippen LogP contribution in [0.2, 0.25) is 0 Å². The van der Waals surface area contributed by atoms with Gasteiger partial charge in [-0.3, -0.25) is 0 Å². The molecule has 0 unspecified atom stereocenters. The second-order valence-electron chi connectivity index (χ2n) is 5.08. The molecule has 0 amide bonds. The van der Waals surface area contributed by atoms with Crippen LogP contribution in [0, 0.1) is 23.5 Å². The summed E-state index contributed by atoms with van der Waals surface area (Å²) in [6, 6.07) is 12.0. The number of pyridine rings is 2. The highest BCUT2D eigenvalue weighted by molar-refractivity contribution is 5.93.